The first-order valence-corrected chi connectivity index (χ1v) is 7.33. The van der Waals surface area contributed by atoms with Crippen molar-refractivity contribution < 1.29 is 14.3 Å². The van der Waals surface area contributed by atoms with E-state index in [1.807, 2.05) is 0 Å². The van der Waals surface area contributed by atoms with Crippen LogP contribution in [0.25, 0.3) is 0 Å². The standard InChI is InChI=1S/C15H19ClN2O3/c1-21-11-6-8-18(9-7-11)14(19)10-17-15(20)12-4-2-3-5-13(12)16/h2-5,11H,6-10H2,1H3,(H,17,20). The molecule has 1 aromatic rings. The molecule has 114 valence electrons. The zero-order valence-electron chi connectivity index (χ0n) is 12.0. The number of ether oxygens (including phenoxy) is 1. The number of benzene rings is 1. The van der Waals surface area contributed by atoms with Crippen LogP contribution in [0.3, 0.4) is 0 Å². The summed E-state index contributed by atoms with van der Waals surface area (Å²) >= 11 is 5.95. The molecule has 0 unspecified atom stereocenters. The van der Waals surface area contributed by atoms with Crippen LogP contribution in [0.5, 0.6) is 0 Å². The van der Waals surface area contributed by atoms with Crippen LogP contribution in [-0.2, 0) is 9.53 Å². The number of nitrogens with one attached hydrogen (secondary N) is 1. The maximum absolute atomic E-state index is 12.1. The minimum Gasteiger partial charge on any atom is -0.381 e. The first-order chi connectivity index (χ1) is 10.1. The summed E-state index contributed by atoms with van der Waals surface area (Å²) in [5, 5.41) is 2.99. The van der Waals surface area contributed by atoms with E-state index in [0.29, 0.717) is 23.7 Å². The fourth-order valence-electron chi connectivity index (χ4n) is 2.35. The van der Waals surface area contributed by atoms with Crippen LogP contribution in [0.4, 0.5) is 0 Å². The van der Waals surface area contributed by atoms with Gasteiger partial charge in [-0.25, -0.2) is 0 Å². The number of piperidine rings is 1. The van der Waals surface area contributed by atoms with Gasteiger partial charge in [0, 0.05) is 20.2 Å². The number of nitrogens with zero attached hydrogens (tertiary/aromatic N) is 1. The average molecular weight is 311 g/mol. The number of rotatable bonds is 4. The van der Waals surface area contributed by atoms with Crippen LogP contribution in [0, 0.1) is 0 Å². The lowest BCUT2D eigenvalue weighted by molar-refractivity contribution is -0.132. The lowest BCUT2D eigenvalue weighted by Crippen LogP contribution is -2.45. The van der Waals surface area contributed by atoms with E-state index >= 15 is 0 Å². The van der Waals surface area contributed by atoms with E-state index in [2.05, 4.69) is 5.32 Å². The van der Waals surface area contributed by atoms with E-state index in [1.54, 1.807) is 36.3 Å². The lowest BCUT2D eigenvalue weighted by atomic mass is 10.1. The molecule has 5 nitrogen and oxygen atoms in total. The molecule has 1 N–H and O–H groups in total. The topological polar surface area (TPSA) is 58.6 Å². The van der Waals surface area contributed by atoms with Crippen molar-refractivity contribution in [1.29, 1.82) is 0 Å². The molecule has 0 aromatic heterocycles. The lowest BCUT2D eigenvalue weighted by Gasteiger charge is -2.31. The zero-order valence-corrected chi connectivity index (χ0v) is 12.7. The summed E-state index contributed by atoms with van der Waals surface area (Å²) in [5.74, 6) is -0.411. The molecule has 0 aliphatic carbocycles. The first kappa shape index (κ1) is 15.8. The van der Waals surface area contributed by atoms with Gasteiger partial charge in [-0.3, -0.25) is 9.59 Å². The van der Waals surface area contributed by atoms with E-state index < -0.39 is 0 Å². The van der Waals surface area contributed by atoms with Crippen LogP contribution >= 0.6 is 11.6 Å². The van der Waals surface area contributed by atoms with E-state index in [0.717, 1.165) is 12.8 Å². The Labute approximate surface area is 129 Å². The van der Waals surface area contributed by atoms with Crippen molar-refractivity contribution in [3.8, 4) is 0 Å². The van der Waals surface area contributed by atoms with E-state index in [9.17, 15) is 9.59 Å². The monoisotopic (exact) mass is 310 g/mol. The summed E-state index contributed by atoms with van der Waals surface area (Å²) in [6, 6.07) is 6.77. The molecule has 6 heteroatoms. The molecule has 1 saturated heterocycles. The van der Waals surface area contributed by atoms with Crippen molar-refractivity contribution >= 4 is 23.4 Å². The molecular formula is C15H19ClN2O3. The van der Waals surface area contributed by atoms with Crippen molar-refractivity contribution in [2.45, 2.75) is 18.9 Å². The Bertz CT molecular complexity index is 513. The van der Waals surface area contributed by atoms with Crippen LogP contribution in [-0.4, -0.2) is 49.6 Å². The normalized spacial score (nSPS) is 15.8. The van der Waals surface area contributed by atoms with E-state index in [1.165, 1.54) is 0 Å². The smallest absolute Gasteiger partial charge is 0.253 e. The predicted molar refractivity (Wildman–Crippen MR) is 80.4 cm³/mol. The molecule has 1 heterocycles. The van der Waals surface area contributed by atoms with Gasteiger partial charge in [-0.1, -0.05) is 23.7 Å². The summed E-state index contributed by atoms with van der Waals surface area (Å²) in [4.78, 5) is 25.8. The van der Waals surface area contributed by atoms with Gasteiger partial charge in [-0.2, -0.15) is 0 Å². The van der Waals surface area contributed by atoms with Gasteiger partial charge in [0.1, 0.15) is 0 Å². The van der Waals surface area contributed by atoms with Gasteiger partial charge in [0.15, 0.2) is 0 Å². The van der Waals surface area contributed by atoms with Crippen molar-refractivity contribution in [3.63, 3.8) is 0 Å². The third kappa shape index (κ3) is 4.19. The molecule has 0 saturated carbocycles. The predicted octanol–water partition coefficient (Wildman–Crippen LogP) is 1.71. The van der Waals surface area contributed by atoms with Crippen LogP contribution in [0.15, 0.2) is 24.3 Å². The number of hydrogen-bond donors (Lipinski definition) is 1. The van der Waals surface area contributed by atoms with Crippen LogP contribution < -0.4 is 5.32 Å². The van der Waals surface area contributed by atoms with Gasteiger partial charge in [0.2, 0.25) is 5.91 Å². The molecular weight excluding hydrogens is 292 g/mol. The average Bonchev–Trinajstić information content (AvgIpc) is 2.52. The molecule has 1 aliphatic heterocycles. The third-order valence-electron chi connectivity index (χ3n) is 3.65. The second-order valence-electron chi connectivity index (χ2n) is 4.98. The number of likely N-dealkylation sites (tertiary alicyclic amines) is 1. The summed E-state index contributed by atoms with van der Waals surface area (Å²) in [7, 11) is 1.69. The fourth-order valence-corrected chi connectivity index (χ4v) is 2.57. The van der Waals surface area contributed by atoms with Gasteiger partial charge in [0.05, 0.1) is 23.2 Å². The highest BCUT2D eigenvalue weighted by Gasteiger charge is 2.22. The van der Waals surface area contributed by atoms with Crippen LogP contribution in [0.1, 0.15) is 23.2 Å². The fraction of sp³-hybridized carbons (Fsp3) is 0.467. The van der Waals surface area contributed by atoms with Gasteiger partial charge < -0.3 is 15.0 Å². The quantitative estimate of drug-likeness (QED) is 0.921. The Morgan fingerprint density at radius 2 is 2.00 bits per heavy atom. The molecule has 2 rings (SSSR count). The highest BCUT2D eigenvalue weighted by Crippen LogP contribution is 2.15. The van der Waals surface area contributed by atoms with Crippen molar-refractivity contribution in [2.75, 3.05) is 26.7 Å². The zero-order chi connectivity index (χ0) is 15.2. The summed E-state index contributed by atoms with van der Waals surface area (Å²) < 4.78 is 5.27. The first-order valence-electron chi connectivity index (χ1n) is 6.95. The molecule has 1 aromatic carbocycles. The van der Waals surface area contributed by atoms with Gasteiger partial charge in [-0.15, -0.1) is 0 Å². The van der Waals surface area contributed by atoms with E-state index in [-0.39, 0.29) is 24.5 Å². The number of halogens is 1. The summed E-state index contributed by atoms with van der Waals surface area (Å²) in [5.41, 5.74) is 0.380. The Kier molecular flexibility index (Phi) is 5.59. The van der Waals surface area contributed by atoms with Gasteiger partial charge in [0.25, 0.3) is 5.91 Å². The maximum Gasteiger partial charge on any atom is 0.253 e. The Balaban J connectivity index is 1.82. The van der Waals surface area contributed by atoms with Crippen molar-refractivity contribution in [2.24, 2.45) is 0 Å². The van der Waals surface area contributed by atoms with Gasteiger partial charge in [-0.05, 0) is 25.0 Å². The number of methoxy groups -OCH3 is 1. The highest BCUT2D eigenvalue weighted by molar-refractivity contribution is 6.33. The number of hydrogen-bond acceptors (Lipinski definition) is 3. The second kappa shape index (κ2) is 7.43. The molecule has 0 spiro atoms. The Hall–Kier alpha value is -1.59. The minimum atomic E-state index is -0.333. The number of amides is 2. The molecule has 21 heavy (non-hydrogen) atoms. The SMILES string of the molecule is COC1CCN(C(=O)CNC(=O)c2ccccc2Cl)CC1. The molecule has 1 aliphatic rings. The molecule has 0 atom stereocenters. The molecule has 0 bridgehead atoms. The molecule has 2 amide bonds. The Morgan fingerprint density at radius 1 is 1.33 bits per heavy atom. The second-order valence-corrected chi connectivity index (χ2v) is 5.39. The minimum absolute atomic E-state index is 0.0122. The summed E-state index contributed by atoms with van der Waals surface area (Å²) in [6.07, 6.45) is 1.90. The number of carbonyl (C=O) groups is 2. The number of carbonyl (C=O) groups excluding carboxylic acids is 2. The molecule has 1 fully saturated rings. The third-order valence-corrected chi connectivity index (χ3v) is 3.98. The van der Waals surface area contributed by atoms with Gasteiger partial charge >= 0.3 is 0 Å². The van der Waals surface area contributed by atoms with E-state index in [4.69, 9.17) is 16.3 Å². The summed E-state index contributed by atoms with van der Waals surface area (Å²) in [6.45, 7) is 1.32. The largest absolute Gasteiger partial charge is 0.381 e. The highest BCUT2D eigenvalue weighted by atomic mass is 35.5. The van der Waals surface area contributed by atoms with Crippen molar-refractivity contribution in [1.82, 2.24) is 10.2 Å². The Morgan fingerprint density at radius 3 is 2.62 bits per heavy atom. The van der Waals surface area contributed by atoms with Crippen LogP contribution in [0.2, 0.25) is 5.02 Å². The maximum atomic E-state index is 12.1. The molecule has 0 radical (unpaired) electrons. The van der Waals surface area contributed by atoms with Crippen molar-refractivity contribution in [3.05, 3.63) is 34.9 Å².